The molecule has 2 rings (SSSR count). The van der Waals surface area contributed by atoms with E-state index in [2.05, 4.69) is 5.10 Å². The number of benzene rings is 1. The lowest BCUT2D eigenvalue weighted by atomic mass is 10.0. The van der Waals surface area contributed by atoms with Gasteiger partial charge in [0.05, 0.1) is 11.8 Å². The van der Waals surface area contributed by atoms with Crippen LogP contribution in [0.3, 0.4) is 0 Å². The Balaban J connectivity index is 2.21. The molecule has 0 saturated carbocycles. The third-order valence-corrected chi connectivity index (χ3v) is 3.34. The zero-order chi connectivity index (χ0) is 13.3. The average Bonchev–Trinajstić information content (AvgIpc) is 2.56. The summed E-state index contributed by atoms with van der Waals surface area (Å²) in [7, 11) is 1.74. The largest absolute Gasteiger partial charge is 0.508 e. The van der Waals surface area contributed by atoms with Gasteiger partial charge in [-0.15, -0.1) is 0 Å². The van der Waals surface area contributed by atoms with E-state index in [0.29, 0.717) is 17.1 Å². The van der Waals surface area contributed by atoms with E-state index < -0.39 is 6.10 Å². The van der Waals surface area contributed by atoms with E-state index in [1.165, 1.54) is 0 Å². The highest BCUT2D eigenvalue weighted by molar-refractivity contribution is 6.30. The smallest absolute Gasteiger partial charge is 0.132 e. The number of aryl methyl sites for hydroxylation is 2. The van der Waals surface area contributed by atoms with Gasteiger partial charge in [0.2, 0.25) is 0 Å². The molecule has 0 bridgehead atoms. The van der Waals surface area contributed by atoms with Gasteiger partial charge in [0.1, 0.15) is 10.9 Å². The molecular weight excluding hydrogens is 252 g/mol. The molecule has 0 spiro atoms. The molecule has 1 atom stereocenters. The first-order valence-corrected chi connectivity index (χ1v) is 6.02. The lowest BCUT2D eigenvalue weighted by Crippen LogP contribution is -2.03. The predicted molar refractivity (Wildman–Crippen MR) is 69.7 cm³/mol. The Morgan fingerprint density at radius 3 is 2.44 bits per heavy atom. The summed E-state index contributed by atoms with van der Waals surface area (Å²) in [5.41, 5.74) is 2.32. The number of halogens is 1. The Morgan fingerprint density at radius 2 is 1.94 bits per heavy atom. The fraction of sp³-hybridized carbons (Fsp3) is 0.308. The lowest BCUT2D eigenvalue weighted by molar-refractivity contribution is 0.177. The molecule has 18 heavy (non-hydrogen) atoms. The normalized spacial score (nSPS) is 12.7. The molecule has 0 aliphatic heterocycles. The molecule has 0 amide bonds. The van der Waals surface area contributed by atoms with Crippen molar-refractivity contribution in [2.75, 3.05) is 0 Å². The maximum absolute atomic E-state index is 10.2. The summed E-state index contributed by atoms with van der Waals surface area (Å²) in [6, 6.07) is 6.75. The number of phenolic OH excluding ortho intramolecular Hbond substituents is 1. The van der Waals surface area contributed by atoms with E-state index in [9.17, 15) is 10.2 Å². The van der Waals surface area contributed by atoms with Gasteiger partial charge in [-0.25, -0.2) is 0 Å². The molecule has 96 valence electrons. The first kappa shape index (κ1) is 12.9. The molecule has 0 fully saturated rings. The number of hydrogen-bond acceptors (Lipinski definition) is 3. The van der Waals surface area contributed by atoms with Crippen LogP contribution < -0.4 is 0 Å². The number of aromatic hydroxyl groups is 1. The van der Waals surface area contributed by atoms with Gasteiger partial charge in [0, 0.05) is 19.0 Å². The quantitative estimate of drug-likeness (QED) is 0.897. The van der Waals surface area contributed by atoms with Crippen molar-refractivity contribution in [3.63, 3.8) is 0 Å². The highest BCUT2D eigenvalue weighted by Gasteiger charge is 2.19. The third kappa shape index (κ3) is 2.49. The highest BCUT2D eigenvalue weighted by atomic mass is 35.5. The summed E-state index contributed by atoms with van der Waals surface area (Å²) < 4.78 is 1.55. The van der Waals surface area contributed by atoms with E-state index in [4.69, 9.17) is 11.6 Å². The average molecular weight is 267 g/mol. The number of rotatable bonds is 3. The maximum Gasteiger partial charge on any atom is 0.132 e. The molecule has 0 saturated heterocycles. The van der Waals surface area contributed by atoms with Gasteiger partial charge in [-0.3, -0.25) is 4.68 Å². The zero-order valence-corrected chi connectivity index (χ0v) is 11.0. The first-order chi connectivity index (χ1) is 8.49. The van der Waals surface area contributed by atoms with Crippen LogP contribution in [0.4, 0.5) is 0 Å². The summed E-state index contributed by atoms with van der Waals surface area (Å²) in [4.78, 5) is 0. The Hall–Kier alpha value is -1.52. The Kier molecular flexibility index (Phi) is 3.59. The molecule has 2 aromatic rings. The summed E-state index contributed by atoms with van der Waals surface area (Å²) in [5.74, 6) is 0.212. The standard InChI is InChI=1S/C13H15ClN2O2/c1-8-12(13(14)16(2)15-8)11(18)7-9-3-5-10(17)6-4-9/h3-6,11,17-18H,7H2,1-2H3. The second kappa shape index (κ2) is 5.00. The van der Waals surface area contributed by atoms with Crippen molar-refractivity contribution in [1.29, 1.82) is 0 Å². The number of aliphatic hydroxyl groups is 1. The van der Waals surface area contributed by atoms with Crippen molar-refractivity contribution >= 4 is 11.6 Å². The molecule has 0 radical (unpaired) electrons. The van der Waals surface area contributed by atoms with Crippen LogP contribution in [0.2, 0.25) is 5.15 Å². The van der Waals surface area contributed by atoms with Crippen molar-refractivity contribution in [3.8, 4) is 5.75 Å². The molecule has 1 unspecified atom stereocenters. The Labute approximate surface area is 110 Å². The zero-order valence-electron chi connectivity index (χ0n) is 10.3. The minimum atomic E-state index is -0.698. The van der Waals surface area contributed by atoms with Gasteiger partial charge in [-0.2, -0.15) is 5.10 Å². The van der Waals surface area contributed by atoms with E-state index >= 15 is 0 Å². The van der Waals surface area contributed by atoms with Crippen molar-refractivity contribution in [1.82, 2.24) is 9.78 Å². The highest BCUT2D eigenvalue weighted by Crippen LogP contribution is 2.28. The van der Waals surface area contributed by atoms with E-state index in [1.807, 2.05) is 6.92 Å². The van der Waals surface area contributed by atoms with Gasteiger partial charge in [0.25, 0.3) is 0 Å². The Morgan fingerprint density at radius 1 is 1.33 bits per heavy atom. The van der Waals surface area contributed by atoms with Gasteiger partial charge in [-0.05, 0) is 24.6 Å². The molecular formula is C13H15ClN2O2. The predicted octanol–water partition coefficient (Wildman–Crippen LogP) is 2.36. The molecule has 1 aromatic heterocycles. The SMILES string of the molecule is Cc1nn(C)c(Cl)c1C(O)Cc1ccc(O)cc1. The first-order valence-electron chi connectivity index (χ1n) is 5.64. The molecule has 1 aromatic carbocycles. The van der Waals surface area contributed by atoms with Crippen LogP contribution in [0.1, 0.15) is 22.9 Å². The molecule has 2 N–H and O–H groups in total. The van der Waals surface area contributed by atoms with Gasteiger partial charge in [-0.1, -0.05) is 23.7 Å². The van der Waals surface area contributed by atoms with Crippen molar-refractivity contribution < 1.29 is 10.2 Å². The lowest BCUT2D eigenvalue weighted by Gasteiger charge is -2.10. The van der Waals surface area contributed by atoms with Crippen LogP contribution in [0.25, 0.3) is 0 Å². The molecule has 4 nitrogen and oxygen atoms in total. The third-order valence-electron chi connectivity index (χ3n) is 2.89. The van der Waals surface area contributed by atoms with Gasteiger partial charge >= 0.3 is 0 Å². The molecule has 1 heterocycles. The molecule has 0 aliphatic rings. The number of aromatic nitrogens is 2. The number of hydrogen-bond donors (Lipinski definition) is 2. The van der Waals surface area contributed by atoms with E-state index in [-0.39, 0.29) is 5.75 Å². The number of phenols is 1. The summed E-state index contributed by atoms with van der Waals surface area (Å²) in [6.45, 7) is 1.82. The van der Waals surface area contributed by atoms with E-state index in [0.717, 1.165) is 11.3 Å². The Bertz CT molecular complexity index is 549. The minimum Gasteiger partial charge on any atom is -0.508 e. The van der Waals surface area contributed by atoms with Crippen molar-refractivity contribution in [2.45, 2.75) is 19.4 Å². The van der Waals surface area contributed by atoms with Crippen LogP contribution in [-0.4, -0.2) is 20.0 Å². The molecule has 5 heteroatoms. The van der Waals surface area contributed by atoms with Crippen LogP contribution in [0.5, 0.6) is 5.75 Å². The number of aliphatic hydroxyl groups excluding tert-OH is 1. The molecule has 0 aliphatic carbocycles. The van der Waals surface area contributed by atoms with Crippen LogP contribution in [0.15, 0.2) is 24.3 Å². The van der Waals surface area contributed by atoms with Crippen molar-refractivity contribution in [2.24, 2.45) is 7.05 Å². The second-order valence-electron chi connectivity index (χ2n) is 4.30. The summed E-state index contributed by atoms with van der Waals surface area (Å²) in [6.07, 6.45) is -0.261. The fourth-order valence-electron chi connectivity index (χ4n) is 1.98. The van der Waals surface area contributed by atoms with Gasteiger partial charge < -0.3 is 10.2 Å². The van der Waals surface area contributed by atoms with Crippen LogP contribution in [0, 0.1) is 6.92 Å². The topological polar surface area (TPSA) is 58.3 Å². The summed E-state index contributed by atoms with van der Waals surface area (Å²) >= 11 is 6.10. The maximum atomic E-state index is 10.2. The van der Waals surface area contributed by atoms with E-state index in [1.54, 1.807) is 36.0 Å². The van der Waals surface area contributed by atoms with Crippen molar-refractivity contribution in [3.05, 3.63) is 46.2 Å². The minimum absolute atomic E-state index is 0.212. The monoisotopic (exact) mass is 266 g/mol. The number of nitrogens with zero attached hydrogens (tertiary/aromatic N) is 2. The van der Waals surface area contributed by atoms with Gasteiger partial charge in [0.15, 0.2) is 0 Å². The second-order valence-corrected chi connectivity index (χ2v) is 4.66. The van der Waals surface area contributed by atoms with Crippen LogP contribution in [-0.2, 0) is 13.5 Å². The fourth-order valence-corrected chi connectivity index (χ4v) is 2.28. The summed E-state index contributed by atoms with van der Waals surface area (Å²) in [5, 5.41) is 24.0. The van der Waals surface area contributed by atoms with Crippen LogP contribution >= 0.6 is 11.6 Å².